The largest absolute Gasteiger partial charge is 0.396 e. The van der Waals surface area contributed by atoms with Gasteiger partial charge in [-0.2, -0.15) is 0 Å². The lowest BCUT2D eigenvalue weighted by Crippen LogP contribution is -2.35. The third-order valence-electron chi connectivity index (χ3n) is 1.62. The lowest BCUT2D eigenvalue weighted by atomic mass is 10.3. The van der Waals surface area contributed by atoms with Crippen molar-refractivity contribution in [3.8, 4) is 0 Å². The van der Waals surface area contributed by atoms with Gasteiger partial charge in [0.15, 0.2) is 5.96 Å². The van der Waals surface area contributed by atoms with E-state index in [1.807, 2.05) is 38.0 Å². The first kappa shape index (κ1) is 12.2. The summed E-state index contributed by atoms with van der Waals surface area (Å²) >= 11 is 0. The van der Waals surface area contributed by atoms with Gasteiger partial charge in [-0.1, -0.05) is 0 Å². The van der Waals surface area contributed by atoms with Crippen molar-refractivity contribution in [2.75, 3.05) is 41.3 Å². The summed E-state index contributed by atoms with van der Waals surface area (Å²) in [5.74, 6) is 0.970. The lowest BCUT2D eigenvalue weighted by Gasteiger charge is -2.22. The maximum absolute atomic E-state index is 8.58. The Bertz CT molecular complexity index is 145. The van der Waals surface area contributed by atoms with Crippen LogP contribution < -0.4 is 0 Å². The van der Waals surface area contributed by atoms with E-state index in [9.17, 15) is 0 Å². The monoisotopic (exact) mass is 187 g/mol. The molecule has 0 aliphatic carbocycles. The van der Waals surface area contributed by atoms with E-state index in [1.54, 1.807) is 0 Å². The van der Waals surface area contributed by atoms with Crippen LogP contribution in [0.2, 0.25) is 0 Å². The molecule has 0 heterocycles. The van der Waals surface area contributed by atoms with Crippen LogP contribution in [0.5, 0.6) is 0 Å². The molecule has 0 amide bonds. The first-order chi connectivity index (χ1) is 6.09. The highest BCUT2D eigenvalue weighted by molar-refractivity contribution is 5.79. The maximum Gasteiger partial charge on any atom is 0.195 e. The molecule has 78 valence electrons. The summed E-state index contributed by atoms with van der Waals surface area (Å²) in [6, 6.07) is 0. The number of guanidine groups is 1. The van der Waals surface area contributed by atoms with Gasteiger partial charge < -0.3 is 14.9 Å². The molecule has 0 aliphatic rings. The molecule has 0 aromatic carbocycles. The summed E-state index contributed by atoms with van der Waals surface area (Å²) in [6.45, 7) is 1.04. The first-order valence-electron chi connectivity index (χ1n) is 4.59. The van der Waals surface area contributed by atoms with Gasteiger partial charge in [0, 0.05) is 41.3 Å². The predicted molar refractivity (Wildman–Crippen MR) is 56.0 cm³/mol. The van der Waals surface area contributed by atoms with Crippen LogP contribution in [0.1, 0.15) is 12.8 Å². The van der Waals surface area contributed by atoms with Crippen LogP contribution in [0.25, 0.3) is 0 Å². The number of aliphatic hydroxyl groups excluding tert-OH is 1. The molecule has 0 saturated heterocycles. The van der Waals surface area contributed by atoms with Gasteiger partial charge in [-0.3, -0.25) is 4.99 Å². The zero-order chi connectivity index (χ0) is 10.3. The molecule has 4 heteroatoms. The van der Waals surface area contributed by atoms with E-state index in [0.29, 0.717) is 0 Å². The summed E-state index contributed by atoms with van der Waals surface area (Å²) < 4.78 is 0. The van der Waals surface area contributed by atoms with Crippen LogP contribution in [0, 0.1) is 0 Å². The number of aliphatic hydroxyl groups is 1. The summed E-state index contributed by atoms with van der Waals surface area (Å²) in [7, 11) is 7.91. The fourth-order valence-corrected chi connectivity index (χ4v) is 1.09. The van der Waals surface area contributed by atoms with E-state index < -0.39 is 0 Å². The second kappa shape index (κ2) is 6.71. The number of aliphatic imine (C=N–C) groups is 1. The quantitative estimate of drug-likeness (QED) is 0.389. The Morgan fingerprint density at radius 2 is 1.62 bits per heavy atom. The third kappa shape index (κ3) is 5.47. The third-order valence-corrected chi connectivity index (χ3v) is 1.62. The van der Waals surface area contributed by atoms with E-state index in [0.717, 1.165) is 25.3 Å². The fraction of sp³-hybridized carbons (Fsp3) is 0.889. The Labute approximate surface area is 80.9 Å². The lowest BCUT2D eigenvalue weighted by molar-refractivity contribution is 0.285. The highest BCUT2D eigenvalue weighted by Crippen LogP contribution is 1.93. The van der Waals surface area contributed by atoms with E-state index in [-0.39, 0.29) is 6.61 Å². The van der Waals surface area contributed by atoms with Crippen LogP contribution in [-0.4, -0.2) is 62.2 Å². The standard InChI is InChI=1S/C9H21N3O/c1-11(2)9(12(3)4)10-7-5-6-8-13/h13H,5-8H2,1-4H3. The highest BCUT2D eigenvalue weighted by Gasteiger charge is 2.02. The van der Waals surface area contributed by atoms with Gasteiger partial charge in [-0.05, 0) is 12.8 Å². The van der Waals surface area contributed by atoms with Crippen molar-refractivity contribution >= 4 is 5.96 Å². The molecule has 0 radical (unpaired) electrons. The molecule has 0 aliphatic heterocycles. The summed E-state index contributed by atoms with van der Waals surface area (Å²) in [6.07, 6.45) is 1.78. The minimum Gasteiger partial charge on any atom is -0.396 e. The second-order valence-electron chi connectivity index (χ2n) is 3.40. The number of rotatable bonds is 4. The maximum atomic E-state index is 8.58. The molecule has 0 atom stereocenters. The number of hydrogen-bond acceptors (Lipinski definition) is 2. The van der Waals surface area contributed by atoms with Crippen molar-refractivity contribution in [2.45, 2.75) is 12.8 Å². The van der Waals surface area contributed by atoms with Crippen LogP contribution in [0.4, 0.5) is 0 Å². The van der Waals surface area contributed by atoms with Gasteiger partial charge in [0.1, 0.15) is 0 Å². The zero-order valence-corrected chi connectivity index (χ0v) is 9.12. The Balaban J connectivity index is 3.90. The van der Waals surface area contributed by atoms with Crippen LogP contribution in [0.3, 0.4) is 0 Å². The summed E-state index contributed by atoms with van der Waals surface area (Å²) in [5, 5.41) is 8.58. The molecular weight excluding hydrogens is 166 g/mol. The summed E-state index contributed by atoms with van der Waals surface area (Å²) in [5.41, 5.74) is 0. The van der Waals surface area contributed by atoms with Gasteiger partial charge in [0.25, 0.3) is 0 Å². The Kier molecular flexibility index (Phi) is 6.32. The Morgan fingerprint density at radius 1 is 1.08 bits per heavy atom. The van der Waals surface area contributed by atoms with Gasteiger partial charge in [-0.15, -0.1) is 0 Å². The van der Waals surface area contributed by atoms with Gasteiger partial charge in [0.2, 0.25) is 0 Å². The highest BCUT2D eigenvalue weighted by atomic mass is 16.2. The van der Waals surface area contributed by atoms with Gasteiger partial charge in [0.05, 0.1) is 0 Å². The zero-order valence-electron chi connectivity index (χ0n) is 9.12. The van der Waals surface area contributed by atoms with Crippen molar-refractivity contribution in [2.24, 2.45) is 4.99 Å². The SMILES string of the molecule is CN(C)C(=NCCCCO)N(C)C. The second-order valence-corrected chi connectivity index (χ2v) is 3.40. The van der Waals surface area contributed by atoms with Crippen molar-refractivity contribution in [3.63, 3.8) is 0 Å². The number of unbranched alkanes of at least 4 members (excludes halogenated alkanes) is 1. The average Bonchev–Trinajstić information content (AvgIpc) is 2.02. The topological polar surface area (TPSA) is 39.1 Å². The molecular formula is C9H21N3O. The molecule has 0 rings (SSSR count). The number of nitrogens with zero attached hydrogens (tertiary/aromatic N) is 3. The van der Waals surface area contributed by atoms with Crippen molar-refractivity contribution in [1.29, 1.82) is 0 Å². The van der Waals surface area contributed by atoms with E-state index >= 15 is 0 Å². The Hall–Kier alpha value is -0.770. The van der Waals surface area contributed by atoms with Crippen molar-refractivity contribution in [3.05, 3.63) is 0 Å². The summed E-state index contributed by atoms with van der Waals surface area (Å²) in [4.78, 5) is 8.39. The van der Waals surface area contributed by atoms with E-state index in [2.05, 4.69) is 4.99 Å². The minimum absolute atomic E-state index is 0.259. The smallest absolute Gasteiger partial charge is 0.195 e. The van der Waals surface area contributed by atoms with Crippen molar-refractivity contribution in [1.82, 2.24) is 9.80 Å². The number of hydrogen-bond donors (Lipinski definition) is 1. The fourth-order valence-electron chi connectivity index (χ4n) is 1.09. The molecule has 1 N–H and O–H groups in total. The molecule has 0 unspecified atom stereocenters. The molecule has 13 heavy (non-hydrogen) atoms. The van der Waals surface area contributed by atoms with E-state index in [4.69, 9.17) is 5.11 Å². The molecule has 0 spiro atoms. The van der Waals surface area contributed by atoms with E-state index in [1.165, 1.54) is 0 Å². The molecule has 0 fully saturated rings. The molecule has 0 aromatic heterocycles. The molecule has 0 saturated carbocycles. The van der Waals surface area contributed by atoms with Crippen LogP contribution in [-0.2, 0) is 0 Å². The van der Waals surface area contributed by atoms with Gasteiger partial charge >= 0.3 is 0 Å². The normalized spacial score (nSPS) is 9.62. The van der Waals surface area contributed by atoms with Crippen molar-refractivity contribution < 1.29 is 5.11 Å². The minimum atomic E-state index is 0.259. The predicted octanol–water partition coefficient (Wildman–Crippen LogP) is 0.238. The van der Waals surface area contributed by atoms with Gasteiger partial charge in [-0.25, -0.2) is 0 Å². The molecule has 0 aromatic rings. The molecule has 0 bridgehead atoms. The van der Waals surface area contributed by atoms with Crippen LogP contribution in [0.15, 0.2) is 4.99 Å². The average molecular weight is 187 g/mol. The van der Waals surface area contributed by atoms with Crippen LogP contribution >= 0.6 is 0 Å². The first-order valence-corrected chi connectivity index (χ1v) is 4.59. The molecule has 4 nitrogen and oxygen atoms in total. The Morgan fingerprint density at radius 3 is 2.00 bits per heavy atom.